The molecule has 0 fully saturated rings. The molecule has 0 unspecified atom stereocenters. The molecule has 100 valence electrons. The van der Waals surface area contributed by atoms with Crippen LogP contribution in [0.5, 0.6) is 0 Å². The molecule has 0 spiro atoms. The molecule has 0 amide bonds. The van der Waals surface area contributed by atoms with E-state index in [-0.39, 0.29) is 5.69 Å². The van der Waals surface area contributed by atoms with Crippen molar-refractivity contribution < 1.29 is 4.92 Å². The molecule has 3 rings (SSSR count). The lowest BCUT2D eigenvalue weighted by atomic mass is 10.3. The Labute approximate surface area is 127 Å². The molecule has 7 heteroatoms. The molecule has 0 saturated carbocycles. The average Bonchev–Trinajstić information content (AvgIpc) is 2.80. The monoisotopic (exact) mass is 322 g/mol. The van der Waals surface area contributed by atoms with Gasteiger partial charge >= 0.3 is 0 Å². The number of rotatable bonds is 3. The SMILES string of the molecule is O=[N+]([O-])c1ccc(Cl)cc1Sc1nc2ccccc2s1. The van der Waals surface area contributed by atoms with E-state index in [0.717, 1.165) is 14.6 Å². The number of halogens is 1. The molecule has 0 radical (unpaired) electrons. The van der Waals surface area contributed by atoms with Crippen LogP contribution < -0.4 is 0 Å². The third kappa shape index (κ3) is 2.63. The van der Waals surface area contributed by atoms with Crippen LogP contribution in [-0.2, 0) is 0 Å². The van der Waals surface area contributed by atoms with Gasteiger partial charge in [0.25, 0.3) is 5.69 Å². The Kier molecular flexibility index (Phi) is 3.60. The standard InChI is InChI=1S/C13H7ClN2O2S2/c14-8-5-6-10(16(17)18)12(7-8)20-13-15-9-3-1-2-4-11(9)19-13/h1-7H. The molecule has 0 saturated heterocycles. The summed E-state index contributed by atoms with van der Waals surface area (Å²) in [5.74, 6) is 0. The Morgan fingerprint density at radius 1 is 1.25 bits per heavy atom. The number of nitro groups is 1. The van der Waals surface area contributed by atoms with Crippen LogP contribution in [0.3, 0.4) is 0 Å². The van der Waals surface area contributed by atoms with Gasteiger partial charge in [0, 0.05) is 11.1 Å². The van der Waals surface area contributed by atoms with Crippen LogP contribution in [0.15, 0.2) is 51.7 Å². The summed E-state index contributed by atoms with van der Waals surface area (Å²) < 4.78 is 1.82. The lowest BCUT2D eigenvalue weighted by Crippen LogP contribution is -1.90. The molecule has 0 atom stereocenters. The normalized spacial score (nSPS) is 10.8. The zero-order valence-corrected chi connectivity index (χ0v) is 12.3. The molecule has 3 aromatic rings. The fourth-order valence-electron chi connectivity index (χ4n) is 1.71. The van der Waals surface area contributed by atoms with Crippen LogP contribution in [-0.4, -0.2) is 9.91 Å². The Morgan fingerprint density at radius 2 is 2.05 bits per heavy atom. The van der Waals surface area contributed by atoms with Crippen LogP contribution in [0.2, 0.25) is 5.02 Å². The highest BCUT2D eigenvalue weighted by atomic mass is 35.5. The van der Waals surface area contributed by atoms with Gasteiger partial charge in [-0.2, -0.15) is 0 Å². The van der Waals surface area contributed by atoms with Crippen molar-refractivity contribution in [1.29, 1.82) is 0 Å². The fraction of sp³-hybridized carbons (Fsp3) is 0. The van der Waals surface area contributed by atoms with E-state index in [2.05, 4.69) is 4.98 Å². The van der Waals surface area contributed by atoms with Gasteiger partial charge in [0.1, 0.15) is 0 Å². The smallest absolute Gasteiger partial charge is 0.258 e. The van der Waals surface area contributed by atoms with Crippen LogP contribution in [0.25, 0.3) is 10.2 Å². The van der Waals surface area contributed by atoms with E-state index in [0.29, 0.717) is 9.92 Å². The van der Waals surface area contributed by atoms with Crippen molar-refractivity contribution in [3.05, 3.63) is 57.6 Å². The van der Waals surface area contributed by atoms with E-state index in [4.69, 9.17) is 11.6 Å². The van der Waals surface area contributed by atoms with Crippen LogP contribution >= 0.6 is 34.7 Å². The topological polar surface area (TPSA) is 56.0 Å². The zero-order valence-electron chi connectivity index (χ0n) is 9.95. The summed E-state index contributed by atoms with van der Waals surface area (Å²) in [5, 5.41) is 11.5. The number of aromatic nitrogens is 1. The first-order chi connectivity index (χ1) is 9.63. The van der Waals surface area contributed by atoms with Gasteiger partial charge in [-0.05, 0) is 24.3 Å². The largest absolute Gasteiger partial charge is 0.283 e. The maximum absolute atomic E-state index is 11.0. The number of hydrogen-bond donors (Lipinski definition) is 0. The number of nitrogens with zero attached hydrogens (tertiary/aromatic N) is 2. The molecule has 1 heterocycles. The lowest BCUT2D eigenvalue weighted by Gasteiger charge is -2.00. The van der Waals surface area contributed by atoms with Crippen molar-refractivity contribution >= 4 is 50.6 Å². The quantitative estimate of drug-likeness (QED) is 0.502. The van der Waals surface area contributed by atoms with Gasteiger partial charge < -0.3 is 0 Å². The van der Waals surface area contributed by atoms with Gasteiger partial charge in [0.2, 0.25) is 0 Å². The van der Waals surface area contributed by atoms with E-state index >= 15 is 0 Å². The molecule has 0 aliphatic rings. The summed E-state index contributed by atoms with van der Waals surface area (Å²) in [6.07, 6.45) is 0. The van der Waals surface area contributed by atoms with Gasteiger partial charge in [0.05, 0.1) is 20.0 Å². The number of benzene rings is 2. The summed E-state index contributed by atoms with van der Waals surface area (Å²) in [6.45, 7) is 0. The number of nitro benzene ring substituents is 1. The van der Waals surface area contributed by atoms with Crippen molar-refractivity contribution in [3.8, 4) is 0 Å². The van der Waals surface area contributed by atoms with Crippen molar-refractivity contribution in [2.45, 2.75) is 9.24 Å². The molecule has 20 heavy (non-hydrogen) atoms. The number of para-hydroxylation sites is 1. The minimum Gasteiger partial charge on any atom is -0.258 e. The summed E-state index contributed by atoms with van der Waals surface area (Å²) in [6, 6.07) is 12.3. The fourth-order valence-corrected chi connectivity index (χ4v) is 4.11. The number of thiazole rings is 1. The van der Waals surface area contributed by atoms with Gasteiger partial charge in [-0.3, -0.25) is 10.1 Å². The second-order valence-corrected chi connectivity index (χ2v) is 6.67. The van der Waals surface area contributed by atoms with Crippen LogP contribution in [0.4, 0.5) is 5.69 Å². The van der Waals surface area contributed by atoms with Gasteiger partial charge in [-0.1, -0.05) is 35.5 Å². The first-order valence-corrected chi connectivity index (χ1v) is 7.62. The summed E-state index contributed by atoms with van der Waals surface area (Å²) in [5.41, 5.74) is 0.934. The summed E-state index contributed by atoms with van der Waals surface area (Å²) in [7, 11) is 0. The Morgan fingerprint density at radius 3 is 2.80 bits per heavy atom. The first kappa shape index (κ1) is 13.4. The van der Waals surface area contributed by atoms with E-state index in [9.17, 15) is 10.1 Å². The maximum atomic E-state index is 11.0. The van der Waals surface area contributed by atoms with E-state index in [1.807, 2.05) is 24.3 Å². The molecule has 2 aromatic carbocycles. The van der Waals surface area contributed by atoms with Crippen molar-refractivity contribution in [2.24, 2.45) is 0 Å². The second kappa shape index (κ2) is 5.40. The van der Waals surface area contributed by atoms with Crippen LogP contribution in [0.1, 0.15) is 0 Å². The van der Waals surface area contributed by atoms with Gasteiger partial charge in [0.15, 0.2) is 4.34 Å². The van der Waals surface area contributed by atoms with Crippen molar-refractivity contribution in [2.75, 3.05) is 0 Å². The predicted octanol–water partition coefficient (Wildman–Crippen LogP) is 5.01. The third-order valence-corrected chi connectivity index (χ3v) is 4.97. The number of fused-ring (bicyclic) bond motifs is 1. The molecule has 4 nitrogen and oxygen atoms in total. The molecule has 0 aliphatic carbocycles. The van der Waals surface area contributed by atoms with E-state index < -0.39 is 4.92 Å². The average molecular weight is 323 g/mol. The maximum Gasteiger partial charge on any atom is 0.283 e. The molecule has 0 aliphatic heterocycles. The van der Waals surface area contributed by atoms with Gasteiger partial charge in [-0.15, -0.1) is 11.3 Å². The lowest BCUT2D eigenvalue weighted by molar-refractivity contribution is -0.387. The van der Waals surface area contributed by atoms with Crippen LogP contribution in [0, 0.1) is 10.1 Å². The van der Waals surface area contributed by atoms with E-state index in [1.165, 1.54) is 35.2 Å². The highest BCUT2D eigenvalue weighted by molar-refractivity contribution is 8.01. The molecule has 0 N–H and O–H groups in total. The minimum atomic E-state index is -0.411. The molecule has 0 bridgehead atoms. The molecular weight excluding hydrogens is 316 g/mol. The number of hydrogen-bond acceptors (Lipinski definition) is 5. The first-order valence-electron chi connectivity index (χ1n) is 5.61. The van der Waals surface area contributed by atoms with E-state index in [1.54, 1.807) is 6.07 Å². The summed E-state index contributed by atoms with van der Waals surface area (Å²) >= 11 is 8.68. The predicted molar refractivity (Wildman–Crippen MR) is 81.8 cm³/mol. The Hall–Kier alpha value is -1.63. The van der Waals surface area contributed by atoms with Crippen molar-refractivity contribution in [3.63, 3.8) is 0 Å². The Balaban J connectivity index is 2.01. The Bertz CT molecular complexity index is 771. The van der Waals surface area contributed by atoms with Gasteiger partial charge in [-0.25, -0.2) is 4.98 Å². The second-order valence-electron chi connectivity index (χ2n) is 3.92. The summed E-state index contributed by atoms with van der Waals surface area (Å²) in [4.78, 5) is 15.6. The zero-order chi connectivity index (χ0) is 14.1. The highest BCUT2D eigenvalue weighted by Crippen LogP contribution is 2.39. The molecular formula is C13H7ClN2O2S2. The minimum absolute atomic E-state index is 0.0404. The third-order valence-electron chi connectivity index (χ3n) is 2.59. The molecule has 1 aromatic heterocycles. The highest BCUT2D eigenvalue weighted by Gasteiger charge is 2.17. The van der Waals surface area contributed by atoms with Crippen molar-refractivity contribution in [1.82, 2.24) is 4.98 Å².